The van der Waals surface area contributed by atoms with E-state index in [0.29, 0.717) is 24.4 Å². The Kier molecular flexibility index (Phi) is 5.51. The SMILES string of the molecule is CCN(CC)C(=O)COC(=O)c1ccc(-c2ccc(F)cc2)o1. The Morgan fingerprint density at radius 1 is 1.09 bits per heavy atom. The quantitative estimate of drug-likeness (QED) is 0.768. The molecule has 0 bridgehead atoms. The number of benzene rings is 1. The maximum atomic E-state index is 12.9. The smallest absolute Gasteiger partial charge is 0.374 e. The van der Waals surface area contributed by atoms with Crippen LogP contribution in [0.4, 0.5) is 4.39 Å². The van der Waals surface area contributed by atoms with Crippen molar-refractivity contribution in [3.05, 3.63) is 48.0 Å². The third-order valence-electron chi connectivity index (χ3n) is 3.38. The Morgan fingerprint density at radius 3 is 2.35 bits per heavy atom. The molecule has 6 heteroatoms. The minimum atomic E-state index is -0.709. The summed E-state index contributed by atoms with van der Waals surface area (Å²) in [5.74, 6) is -0.897. The number of rotatable bonds is 6. The van der Waals surface area contributed by atoms with Crippen molar-refractivity contribution in [2.24, 2.45) is 0 Å². The van der Waals surface area contributed by atoms with Gasteiger partial charge in [0.25, 0.3) is 5.91 Å². The first-order valence-corrected chi connectivity index (χ1v) is 7.35. The van der Waals surface area contributed by atoms with Crippen LogP contribution in [0.1, 0.15) is 24.4 Å². The second-order valence-electron chi connectivity index (χ2n) is 4.81. The Bertz CT molecular complexity index is 674. The highest BCUT2D eigenvalue weighted by molar-refractivity contribution is 5.89. The zero-order valence-electron chi connectivity index (χ0n) is 13.0. The molecule has 0 N–H and O–H groups in total. The van der Waals surface area contributed by atoms with Crippen LogP contribution in [0.25, 0.3) is 11.3 Å². The molecule has 2 rings (SSSR count). The third-order valence-corrected chi connectivity index (χ3v) is 3.38. The molecule has 1 amide bonds. The van der Waals surface area contributed by atoms with Crippen LogP contribution >= 0.6 is 0 Å². The van der Waals surface area contributed by atoms with Crippen LogP contribution in [0.3, 0.4) is 0 Å². The molecule has 23 heavy (non-hydrogen) atoms. The van der Waals surface area contributed by atoms with Crippen LogP contribution in [-0.4, -0.2) is 36.5 Å². The summed E-state index contributed by atoms with van der Waals surface area (Å²) in [6.07, 6.45) is 0. The third kappa shape index (κ3) is 4.18. The molecule has 0 radical (unpaired) electrons. The van der Waals surface area contributed by atoms with Gasteiger partial charge in [-0.05, 0) is 50.2 Å². The van der Waals surface area contributed by atoms with E-state index in [1.165, 1.54) is 18.2 Å². The van der Waals surface area contributed by atoms with E-state index in [1.807, 2.05) is 13.8 Å². The van der Waals surface area contributed by atoms with Crippen molar-refractivity contribution in [3.8, 4) is 11.3 Å². The largest absolute Gasteiger partial charge is 0.450 e. The molecular formula is C17H18FNO4. The standard InChI is InChI=1S/C17H18FNO4/c1-3-19(4-2)16(20)11-22-17(21)15-10-9-14(23-15)12-5-7-13(18)8-6-12/h5-10H,3-4,11H2,1-2H3. The molecule has 0 unspecified atom stereocenters. The fourth-order valence-electron chi connectivity index (χ4n) is 2.08. The van der Waals surface area contributed by atoms with Crippen LogP contribution in [0.5, 0.6) is 0 Å². The summed E-state index contributed by atoms with van der Waals surface area (Å²) in [5, 5.41) is 0. The molecule has 2 aromatic rings. The Balaban J connectivity index is 1.98. The zero-order chi connectivity index (χ0) is 16.8. The van der Waals surface area contributed by atoms with Crippen LogP contribution in [-0.2, 0) is 9.53 Å². The number of hydrogen-bond acceptors (Lipinski definition) is 4. The molecule has 0 aliphatic heterocycles. The molecule has 0 aliphatic carbocycles. The van der Waals surface area contributed by atoms with E-state index in [9.17, 15) is 14.0 Å². The Morgan fingerprint density at radius 2 is 1.74 bits per heavy atom. The molecule has 1 aromatic carbocycles. The van der Waals surface area contributed by atoms with Gasteiger partial charge >= 0.3 is 5.97 Å². The van der Waals surface area contributed by atoms with Crippen molar-refractivity contribution >= 4 is 11.9 Å². The molecule has 5 nitrogen and oxygen atoms in total. The van der Waals surface area contributed by atoms with Crippen LogP contribution in [0.2, 0.25) is 0 Å². The van der Waals surface area contributed by atoms with Gasteiger partial charge in [-0.15, -0.1) is 0 Å². The highest BCUT2D eigenvalue weighted by atomic mass is 19.1. The van der Waals surface area contributed by atoms with Gasteiger partial charge in [0, 0.05) is 18.7 Å². The number of furan rings is 1. The lowest BCUT2D eigenvalue weighted by Gasteiger charge is -2.17. The van der Waals surface area contributed by atoms with Crippen molar-refractivity contribution in [1.29, 1.82) is 0 Å². The number of likely N-dealkylation sites (N-methyl/N-ethyl adjacent to an activating group) is 1. The van der Waals surface area contributed by atoms with E-state index in [1.54, 1.807) is 23.1 Å². The normalized spacial score (nSPS) is 10.4. The van der Waals surface area contributed by atoms with Crippen LogP contribution < -0.4 is 0 Å². The first-order valence-electron chi connectivity index (χ1n) is 7.35. The molecule has 0 fully saturated rings. The summed E-state index contributed by atoms with van der Waals surface area (Å²) in [7, 11) is 0. The first kappa shape index (κ1) is 16.7. The average Bonchev–Trinajstić information content (AvgIpc) is 3.04. The predicted molar refractivity (Wildman–Crippen MR) is 82.3 cm³/mol. The number of nitrogens with zero attached hydrogens (tertiary/aromatic N) is 1. The summed E-state index contributed by atoms with van der Waals surface area (Å²) in [6, 6.07) is 8.76. The molecule has 0 spiro atoms. The summed E-state index contributed by atoms with van der Waals surface area (Å²) >= 11 is 0. The van der Waals surface area contributed by atoms with Crippen molar-refractivity contribution in [2.75, 3.05) is 19.7 Å². The van der Waals surface area contributed by atoms with E-state index in [-0.39, 0.29) is 24.1 Å². The highest BCUT2D eigenvalue weighted by Crippen LogP contribution is 2.22. The summed E-state index contributed by atoms with van der Waals surface area (Å²) in [6.45, 7) is 4.49. The van der Waals surface area contributed by atoms with Crippen LogP contribution in [0, 0.1) is 5.82 Å². The minimum absolute atomic E-state index is 0.00308. The van der Waals surface area contributed by atoms with Gasteiger partial charge < -0.3 is 14.1 Å². The summed E-state index contributed by atoms with van der Waals surface area (Å²) < 4.78 is 23.2. The highest BCUT2D eigenvalue weighted by Gasteiger charge is 2.17. The Hall–Kier alpha value is -2.63. The number of halogens is 1. The summed E-state index contributed by atoms with van der Waals surface area (Å²) in [5.41, 5.74) is 0.643. The number of esters is 1. The number of hydrogen-bond donors (Lipinski definition) is 0. The van der Waals surface area contributed by atoms with E-state index in [0.717, 1.165) is 0 Å². The second-order valence-corrected chi connectivity index (χ2v) is 4.81. The van der Waals surface area contributed by atoms with Crippen molar-refractivity contribution in [3.63, 3.8) is 0 Å². The number of amides is 1. The predicted octanol–water partition coefficient (Wildman–Crippen LogP) is 3.11. The van der Waals surface area contributed by atoms with Gasteiger partial charge in [0.05, 0.1) is 0 Å². The summed E-state index contributed by atoms with van der Waals surface area (Å²) in [4.78, 5) is 25.3. The van der Waals surface area contributed by atoms with E-state index >= 15 is 0 Å². The second kappa shape index (κ2) is 7.58. The monoisotopic (exact) mass is 319 g/mol. The molecule has 0 atom stereocenters. The van der Waals surface area contributed by atoms with Gasteiger partial charge in [0.2, 0.25) is 5.76 Å². The van der Waals surface area contributed by atoms with E-state index in [4.69, 9.17) is 9.15 Å². The fourth-order valence-corrected chi connectivity index (χ4v) is 2.08. The molecule has 0 aliphatic rings. The first-order chi connectivity index (χ1) is 11.0. The molecule has 1 aromatic heterocycles. The van der Waals surface area contributed by atoms with Crippen molar-refractivity contribution < 1.29 is 23.1 Å². The van der Waals surface area contributed by atoms with Crippen molar-refractivity contribution in [2.45, 2.75) is 13.8 Å². The molecule has 0 saturated carbocycles. The molecule has 0 saturated heterocycles. The molecule has 122 valence electrons. The van der Waals surface area contributed by atoms with Gasteiger partial charge in [-0.25, -0.2) is 9.18 Å². The molecule has 1 heterocycles. The lowest BCUT2D eigenvalue weighted by molar-refractivity contribution is -0.134. The lowest BCUT2D eigenvalue weighted by atomic mass is 10.2. The fraction of sp³-hybridized carbons (Fsp3) is 0.294. The van der Waals surface area contributed by atoms with Gasteiger partial charge in [-0.3, -0.25) is 4.79 Å². The lowest BCUT2D eigenvalue weighted by Crippen LogP contribution is -2.34. The Labute approximate surface area is 133 Å². The van der Waals surface area contributed by atoms with E-state index < -0.39 is 5.97 Å². The number of carbonyl (C=O) groups is 2. The van der Waals surface area contributed by atoms with Gasteiger partial charge in [0.1, 0.15) is 11.6 Å². The number of carbonyl (C=O) groups excluding carboxylic acids is 2. The maximum Gasteiger partial charge on any atom is 0.374 e. The van der Waals surface area contributed by atoms with Gasteiger partial charge in [-0.1, -0.05) is 0 Å². The average molecular weight is 319 g/mol. The zero-order valence-corrected chi connectivity index (χ0v) is 13.0. The van der Waals surface area contributed by atoms with Gasteiger partial charge in [0.15, 0.2) is 6.61 Å². The maximum absolute atomic E-state index is 12.9. The van der Waals surface area contributed by atoms with Crippen molar-refractivity contribution in [1.82, 2.24) is 4.90 Å². The minimum Gasteiger partial charge on any atom is -0.450 e. The van der Waals surface area contributed by atoms with Gasteiger partial charge in [-0.2, -0.15) is 0 Å². The van der Waals surface area contributed by atoms with E-state index in [2.05, 4.69) is 0 Å². The number of ether oxygens (including phenoxy) is 1. The topological polar surface area (TPSA) is 59.8 Å². The molecular weight excluding hydrogens is 301 g/mol. The van der Waals surface area contributed by atoms with Crippen LogP contribution in [0.15, 0.2) is 40.8 Å².